The van der Waals surface area contributed by atoms with Gasteiger partial charge in [-0.2, -0.15) is 0 Å². The van der Waals surface area contributed by atoms with Gasteiger partial charge >= 0.3 is 0 Å². The molecule has 0 atom stereocenters. The molecule has 0 radical (unpaired) electrons. The van der Waals surface area contributed by atoms with E-state index in [1.807, 2.05) is 11.4 Å². The van der Waals surface area contributed by atoms with Crippen LogP contribution in [0.1, 0.15) is 19.8 Å². The molecule has 0 aliphatic carbocycles. The SMILES string of the molecule is C=C[SiH](C=C)OCCCC. The summed E-state index contributed by atoms with van der Waals surface area (Å²) in [6.07, 6.45) is 2.33. The standard InChI is InChI=1S/C8H16OSi/c1-4-7-8-9-10(5-2)6-3/h5-6,10H,2-4,7-8H2,1H3. The third kappa shape index (κ3) is 4.53. The number of rotatable bonds is 6. The Bertz CT molecular complexity index is 93.4. The maximum Gasteiger partial charge on any atom is 0.224 e. The van der Waals surface area contributed by atoms with Crippen LogP contribution in [0, 0.1) is 0 Å². The fraction of sp³-hybridized carbons (Fsp3) is 0.500. The smallest absolute Gasteiger partial charge is 0.224 e. The van der Waals surface area contributed by atoms with Crippen molar-refractivity contribution in [1.82, 2.24) is 0 Å². The van der Waals surface area contributed by atoms with E-state index in [1.165, 1.54) is 6.42 Å². The van der Waals surface area contributed by atoms with Crippen molar-refractivity contribution < 1.29 is 4.43 Å². The largest absolute Gasteiger partial charge is 0.412 e. The lowest BCUT2D eigenvalue weighted by Crippen LogP contribution is -2.12. The van der Waals surface area contributed by atoms with Gasteiger partial charge in [-0.3, -0.25) is 0 Å². The molecule has 0 N–H and O–H groups in total. The first-order valence-corrected chi connectivity index (χ1v) is 5.52. The summed E-state index contributed by atoms with van der Waals surface area (Å²) in [6, 6.07) is 0. The molecular formula is C8H16OSi. The van der Waals surface area contributed by atoms with Crippen LogP contribution < -0.4 is 0 Å². The molecule has 0 rings (SSSR count). The Kier molecular flexibility index (Phi) is 6.54. The highest BCUT2D eigenvalue weighted by Crippen LogP contribution is 1.93. The summed E-state index contributed by atoms with van der Waals surface area (Å²) in [7, 11) is -1.20. The maximum atomic E-state index is 5.48. The van der Waals surface area contributed by atoms with Crippen molar-refractivity contribution in [2.75, 3.05) is 6.61 Å². The van der Waals surface area contributed by atoms with E-state index in [9.17, 15) is 0 Å². The van der Waals surface area contributed by atoms with Gasteiger partial charge in [0.2, 0.25) is 9.04 Å². The quantitative estimate of drug-likeness (QED) is 0.422. The van der Waals surface area contributed by atoms with E-state index < -0.39 is 9.04 Å². The molecule has 0 saturated carbocycles. The monoisotopic (exact) mass is 156 g/mol. The number of hydrogen-bond acceptors (Lipinski definition) is 1. The zero-order chi connectivity index (χ0) is 7.82. The Balaban J connectivity index is 3.25. The Morgan fingerprint density at radius 3 is 2.40 bits per heavy atom. The van der Waals surface area contributed by atoms with E-state index in [0.29, 0.717) is 0 Å². The second-order valence-corrected chi connectivity index (χ2v) is 4.37. The second-order valence-electron chi connectivity index (χ2n) is 2.16. The van der Waals surface area contributed by atoms with Crippen LogP contribution >= 0.6 is 0 Å². The van der Waals surface area contributed by atoms with Gasteiger partial charge in [-0.25, -0.2) is 0 Å². The molecule has 0 amide bonds. The fourth-order valence-corrected chi connectivity index (χ4v) is 1.50. The molecule has 2 heteroatoms. The van der Waals surface area contributed by atoms with Crippen LogP contribution in [0.4, 0.5) is 0 Å². The molecular weight excluding hydrogens is 140 g/mol. The van der Waals surface area contributed by atoms with Crippen LogP contribution in [-0.2, 0) is 4.43 Å². The van der Waals surface area contributed by atoms with Gasteiger partial charge in [0.15, 0.2) is 0 Å². The van der Waals surface area contributed by atoms with Crippen molar-refractivity contribution >= 4 is 9.04 Å². The van der Waals surface area contributed by atoms with Crippen LogP contribution in [-0.4, -0.2) is 15.6 Å². The maximum absolute atomic E-state index is 5.48. The molecule has 0 aliphatic rings. The van der Waals surface area contributed by atoms with Crippen LogP contribution in [0.25, 0.3) is 0 Å². The fourth-order valence-electron chi connectivity index (χ4n) is 0.596. The molecule has 0 fully saturated rings. The lowest BCUT2D eigenvalue weighted by Gasteiger charge is -2.05. The van der Waals surface area contributed by atoms with Gasteiger partial charge in [0, 0.05) is 6.61 Å². The van der Waals surface area contributed by atoms with E-state index in [2.05, 4.69) is 20.1 Å². The molecule has 0 spiro atoms. The van der Waals surface area contributed by atoms with Gasteiger partial charge < -0.3 is 4.43 Å². The molecule has 0 aromatic rings. The number of unbranched alkanes of at least 4 members (excludes halogenated alkanes) is 1. The van der Waals surface area contributed by atoms with E-state index in [0.717, 1.165) is 13.0 Å². The summed E-state index contributed by atoms with van der Waals surface area (Å²) in [5, 5.41) is 0. The lowest BCUT2D eigenvalue weighted by atomic mass is 10.4. The predicted octanol–water partition coefficient (Wildman–Crippen LogP) is 1.98. The van der Waals surface area contributed by atoms with Gasteiger partial charge in [-0.1, -0.05) is 24.7 Å². The van der Waals surface area contributed by atoms with Gasteiger partial charge in [-0.05, 0) is 6.42 Å². The third-order valence-electron chi connectivity index (χ3n) is 1.27. The van der Waals surface area contributed by atoms with Gasteiger partial charge in [0.1, 0.15) is 0 Å². The topological polar surface area (TPSA) is 9.23 Å². The summed E-state index contributed by atoms with van der Waals surface area (Å²) in [5.74, 6) is 0. The second kappa shape index (κ2) is 6.77. The van der Waals surface area contributed by atoms with Gasteiger partial charge in [0.05, 0.1) is 0 Å². The third-order valence-corrected chi connectivity index (χ3v) is 2.82. The minimum atomic E-state index is -1.20. The molecule has 58 valence electrons. The van der Waals surface area contributed by atoms with Crippen molar-refractivity contribution in [2.45, 2.75) is 19.8 Å². The van der Waals surface area contributed by atoms with Crippen LogP contribution in [0.3, 0.4) is 0 Å². The van der Waals surface area contributed by atoms with Gasteiger partial charge in [-0.15, -0.1) is 13.2 Å². The van der Waals surface area contributed by atoms with Crippen molar-refractivity contribution in [3.63, 3.8) is 0 Å². The van der Waals surface area contributed by atoms with Crippen LogP contribution in [0.5, 0.6) is 0 Å². The summed E-state index contributed by atoms with van der Waals surface area (Å²) in [4.78, 5) is 0. The lowest BCUT2D eigenvalue weighted by molar-refractivity contribution is 0.323. The minimum absolute atomic E-state index is 0.866. The average molecular weight is 156 g/mol. The first-order chi connectivity index (χ1) is 4.85. The summed E-state index contributed by atoms with van der Waals surface area (Å²) < 4.78 is 5.48. The van der Waals surface area contributed by atoms with Crippen molar-refractivity contribution in [3.05, 3.63) is 24.6 Å². The molecule has 0 bridgehead atoms. The first-order valence-electron chi connectivity index (χ1n) is 3.71. The molecule has 1 nitrogen and oxygen atoms in total. The molecule has 0 aromatic heterocycles. The summed E-state index contributed by atoms with van der Waals surface area (Å²) in [5.41, 5.74) is 3.78. The molecule has 0 unspecified atom stereocenters. The van der Waals surface area contributed by atoms with Gasteiger partial charge in [0.25, 0.3) is 0 Å². The first kappa shape index (κ1) is 9.66. The molecule has 0 aromatic carbocycles. The molecule has 0 aliphatic heterocycles. The van der Waals surface area contributed by atoms with Crippen molar-refractivity contribution in [1.29, 1.82) is 0 Å². The molecule has 10 heavy (non-hydrogen) atoms. The Morgan fingerprint density at radius 2 is 2.00 bits per heavy atom. The van der Waals surface area contributed by atoms with Crippen LogP contribution in [0.15, 0.2) is 24.6 Å². The Hall–Kier alpha value is -0.343. The predicted molar refractivity (Wildman–Crippen MR) is 48.4 cm³/mol. The Morgan fingerprint density at radius 1 is 1.40 bits per heavy atom. The normalized spacial score (nSPS) is 9.80. The average Bonchev–Trinajstić information content (AvgIpc) is 1.99. The van der Waals surface area contributed by atoms with E-state index in [1.54, 1.807) is 0 Å². The Labute approximate surface area is 65.1 Å². The van der Waals surface area contributed by atoms with Crippen molar-refractivity contribution in [2.24, 2.45) is 0 Å². The molecule has 0 heterocycles. The van der Waals surface area contributed by atoms with E-state index >= 15 is 0 Å². The highest BCUT2D eigenvalue weighted by molar-refractivity contribution is 6.62. The highest BCUT2D eigenvalue weighted by Gasteiger charge is 1.98. The zero-order valence-electron chi connectivity index (χ0n) is 6.68. The number of hydrogen-bond donors (Lipinski definition) is 0. The minimum Gasteiger partial charge on any atom is -0.412 e. The molecule has 0 saturated heterocycles. The summed E-state index contributed by atoms with van der Waals surface area (Å²) >= 11 is 0. The summed E-state index contributed by atoms with van der Waals surface area (Å²) in [6.45, 7) is 10.4. The van der Waals surface area contributed by atoms with Crippen LogP contribution in [0.2, 0.25) is 0 Å². The van der Waals surface area contributed by atoms with E-state index in [4.69, 9.17) is 4.43 Å². The zero-order valence-corrected chi connectivity index (χ0v) is 7.83. The van der Waals surface area contributed by atoms with E-state index in [-0.39, 0.29) is 0 Å². The van der Waals surface area contributed by atoms with Crippen molar-refractivity contribution in [3.8, 4) is 0 Å². The highest BCUT2D eigenvalue weighted by atomic mass is 28.3.